The average molecular weight is 405 g/mol. The van der Waals surface area contributed by atoms with Gasteiger partial charge in [0.25, 0.3) is 5.91 Å². The molecule has 8 heteroatoms. The van der Waals surface area contributed by atoms with Gasteiger partial charge in [0.2, 0.25) is 0 Å². The van der Waals surface area contributed by atoms with Gasteiger partial charge in [-0.15, -0.1) is 0 Å². The third kappa shape index (κ3) is 2.84. The van der Waals surface area contributed by atoms with E-state index in [1.807, 2.05) is 13.8 Å². The molecule has 4 rings (SSSR count). The van der Waals surface area contributed by atoms with Gasteiger partial charge in [0.1, 0.15) is 17.4 Å². The second kappa shape index (κ2) is 6.11. The quantitative estimate of drug-likeness (QED) is 0.792. The molecule has 0 bridgehead atoms. The van der Waals surface area contributed by atoms with Crippen LogP contribution >= 0.6 is 23.2 Å². The van der Waals surface area contributed by atoms with Crippen LogP contribution in [-0.2, 0) is 4.79 Å². The number of nitrogens with zero attached hydrogens (tertiary/aromatic N) is 2. The Kier molecular flexibility index (Phi) is 4.09. The fourth-order valence-electron chi connectivity index (χ4n) is 3.93. The number of nitrogens with two attached hydrogens (primary N) is 1. The van der Waals surface area contributed by atoms with Crippen LogP contribution in [0.15, 0.2) is 35.7 Å². The lowest BCUT2D eigenvalue weighted by atomic mass is 9.73. The number of hydrogen-bond acceptors (Lipinski definition) is 4. The molecular weight excluding hydrogens is 387 g/mol. The van der Waals surface area contributed by atoms with Crippen LogP contribution in [0.5, 0.6) is 0 Å². The number of carbonyl (C=O) groups is 2. The Balaban J connectivity index is 2.01. The number of anilines is 1. The molecular formula is C19H18Cl2N4O2. The second-order valence-electron chi connectivity index (χ2n) is 7.71. The number of fused-ring (bicyclic) bond motifs is 1. The van der Waals surface area contributed by atoms with Crippen molar-refractivity contribution in [2.45, 2.75) is 32.7 Å². The smallest absolute Gasteiger partial charge is 0.254 e. The molecule has 140 valence electrons. The monoisotopic (exact) mass is 404 g/mol. The number of ketones is 1. The van der Waals surface area contributed by atoms with E-state index in [-0.39, 0.29) is 16.8 Å². The standard InChI is InChI=1S/C19H18Cl2N4O2/c1-19(2)6-12-15(13(26)7-19)16(14-10(20)4-3-5-11(14)21)25-18(24-12)9(8-23-25)17(22)27/h3-5,8,16,24H,6-7H2,1-2H3,(H2,22,27)/t16-/m1/s1. The molecule has 1 aliphatic carbocycles. The first-order chi connectivity index (χ1) is 12.7. The van der Waals surface area contributed by atoms with Crippen molar-refractivity contribution in [3.05, 3.63) is 56.8 Å². The van der Waals surface area contributed by atoms with Crippen LogP contribution in [0.4, 0.5) is 5.82 Å². The molecule has 0 radical (unpaired) electrons. The first-order valence-electron chi connectivity index (χ1n) is 8.54. The van der Waals surface area contributed by atoms with Crippen molar-refractivity contribution < 1.29 is 9.59 Å². The topological polar surface area (TPSA) is 90.0 Å². The first-order valence-corrected chi connectivity index (χ1v) is 9.30. The summed E-state index contributed by atoms with van der Waals surface area (Å²) in [6.45, 7) is 4.07. The number of benzene rings is 1. The summed E-state index contributed by atoms with van der Waals surface area (Å²) in [7, 11) is 0. The molecule has 1 amide bonds. The summed E-state index contributed by atoms with van der Waals surface area (Å²) in [6, 6.07) is 4.57. The van der Waals surface area contributed by atoms with Gasteiger partial charge in [-0.1, -0.05) is 43.1 Å². The van der Waals surface area contributed by atoms with Crippen molar-refractivity contribution in [3.63, 3.8) is 0 Å². The van der Waals surface area contributed by atoms with Gasteiger partial charge in [0.15, 0.2) is 5.78 Å². The van der Waals surface area contributed by atoms with E-state index in [1.165, 1.54) is 6.20 Å². The van der Waals surface area contributed by atoms with E-state index in [9.17, 15) is 9.59 Å². The normalized spacial score (nSPS) is 20.7. The highest BCUT2D eigenvalue weighted by Crippen LogP contribution is 2.48. The lowest BCUT2D eigenvalue weighted by molar-refractivity contribution is -0.118. The summed E-state index contributed by atoms with van der Waals surface area (Å²) in [5.41, 5.74) is 7.48. The number of primary amides is 1. The number of halogens is 2. The molecule has 0 unspecified atom stereocenters. The molecule has 0 spiro atoms. The number of hydrogen-bond donors (Lipinski definition) is 2. The van der Waals surface area contributed by atoms with E-state index in [1.54, 1.807) is 22.9 Å². The number of nitrogens with one attached hydrogen (secondary N) is 1. The molecule has 6 nitrogen and oxygen atoms in total. The first kappa shape index (κ1) is 18.1. The Morgan fingerprint density at radius 2 is 1.96 bits per heavy atom. The maximum Gasteiger partial charge on any atom is 0.254 e. The fourth-order valence-corrected chi connectivity index (χ4v) is 4.53. The van der Waals surface area contributed by atoms with Crippen molar-refractivity contribution in [3.8, 4) is 0 Å². The summed E-state index contributed by atoms with van der Waals surface area (Å²) >= 11 is 12.9. The summed E-state index contributed by atoms with van der Waals surface area (Å²) < 4.78 is 1.57. The third-order valence-corrected chi connectivity index (χ3v) is 5.70. The van der Waals surface area contributed by atoms with Gasteiger partial charge in [-0.3, -0.25) is 9.59 Å². The van der Waals surface area contributed by atoms with E-state index < -0.39 is 11.9 Å². The van der Waals surface area contributed by atoms with Crippen molar-refractivity contribution >= 4 is 40.7 Å². The lowest BCUT2D eigenvalue weighted by Crippen LogP contribution is -2.37. The van der Waals surface area contributed by atoms with Crippen LogP contribution in [0.3, 0.4) is 0 Å². The SMILES string of the molecule is CC1(C)CC(=O)C2=C(C1)Nc1c(C(N)=O)cnn1[C@@H]2c1c(Cl)cccc1Cl. The molecule has 0 saturated carbocycles. The van der Waals surface area contributed by atoms with E-state index in [0.29, 0.717) is 39.8 Å². The van der Waals surface area contributed by atoms with Gasteiger partial charge in [0.05, 0.1) is 6.20 Å². The van der Waals surface area contributed by atoms with Crippen molar-refractivity contribution in [1.82, 2.24) is 9.78 Å². The summed E-state index contributed by atoms with van der Waals surface area (Å²) in [4.78, 5) is 24.9. The Bertz CT molecular complexity index is 1000. The number of aromatic nitrogens is 2. The van der Waals surface area contributed by atoms with Crippen LogP contribution in [-0.4, -0.2) is 21.5 Å². The minimum Gasteiger partial charge on any atom is -0.365 e. The zero-order chi connectivity index (χ0) is 19.5. The van der Waals surface area contributed by atoms with E-state index >= 15 is 0 Å². The van der Waals surface area contributed by atoms with Crippen molar-refractivity contribution in [2.75, 3.05) is 5.32 Å². The zero-order valence-corrected chi connectivity index (χ0v) is 16.4. The highest BCUT2D eigenvalue weighted by Gasteiger charge is 2.43. The predicted octanol–water partition coefficient (Wildman–Crippen LogP) is 3.95. The summed E-state index contributed by atoms with van der Waals surface area (Å²) in [6.07, 6.45) is 2.46. The predicted molar refractivity (Wildman–Crippen MR) is 104 cm³/mol. The van der Waals surface area contributed by atoms with Crippen LogP contribution < -0.4 is 11.1 Å². The molecule has 2 aliphatic rings. The molecule has 27 heavy (non-hydrogen) atoms. The van der Waals surface area contributed by atoms with E-state index in [0.717, 1.165) is 5.70 Å². The Morgan fingerprint density at radius 1 is 1.30 bits per heavy atom. The van der Waals surface area contributed by atoms with Gasteiger partial charge >= 0.3 is 0 Å². The Hall–Kier alpha value is -2.31. The molecule has 2 heterocycles. The number of rotatable bonds is 2. The Morgan fingerprint density at radius 3 is 2.59 bits per heavy atom. The minimum atomic E-state index is -0.617. The lowest BCUT2D eigenvalue weighted by Gasteiger charge is -2.39. The van der Waals surface area contributed by atoms with Gasteiger partial charge in [0, 0.05) is 33.3 Å². The van der Waals surface area contributed by atoms with Crippen molar-refractivity contribution in [2.24, 2.45) is 11.1 Å². The molecule has 3 N–H and O–H groups in total. The number of carbonyl (C=O) groups excluding carboxylic acids is 2. The van der Waals surface area contributed by atoms with Gasteiger partial charge in [-0.25, -0.2) is 4.68 Å². The molecule has 1 aliphatic heterocycles. The zero-order valence-electron chi connectivity index (χ0n) is 14.8. The molecule has 2 aromatic rings. The second-order valence-corrected chi connectivity index (χ2v) is 8.53. The third-order valence-electron chi connectivity index (χ3n) is 5.04. The van der Waals surface area contributed by atoms with Gasteiger partial charge < -0.3 is 11.1 Å². The highest BCUT2D eigenvalue weighted by atomic mass is 35.5. The van der Waals surface area contributed by atoms with Crippen LogP contribution in [0.2, 0.25) is 10.0 Å². The average Bonchev–Trinajstić information content (AvgIpc) is 2.96. The molecule has 1 atom stereocenters. The fraction of sp³-hybridized carbons (Fsp3) is 0.316. The number of allylic oxidation sites excluding steroid dienone is 2. The van der Waals surface area contributed by atoms with Crippen LogP contribution in [0.1, 0.15) is 48.7 Å². The van der Waals surface area contributed by atoms with Crippen molar-refractivity contribution in [1.29, 1.82) is 0 Å². The highest BCUT2D eigenvalue weighted by molar-refractivity contribution is 6.36. The minimum absolute atomic E-state index is 0.0107. The number of Topliss-reactive ketones (excluding diaryl/α,β-unsaturated/α-hetero) is 1. The largest absolute Gasteiger partial charge is 0.365 e. The maximum absolute atomic E-state index is 13.1. The molecule has 0 saturated heterocycles. The van der Waals surface area contributed by atoms with Crippen LogP contribution in [0.25, 0.3) is 0 Å². The summed E-state index contributed by atoms with van der Waals surface area (Å²) in [5.74, 6) is -0.137. The Labute approximate surface area is 166 Å². The number of amides is 1. The molecule has 1 aromatic carbocycles. The maximum atomic E-state index is 13.1. The molecule has 0 fully saturated rings. The van der Waals surface area contributed by atoms with E-state index in [4.69, 9.17) is 28.9 Å². The van der Waals surface area contributed by atoms with Gasteiger partial charge in [-0.05, 0) is 24.0 Å². The van der Waals surface area contributed by atoms with Crippen LogP contribution in [0, 0.1) is 5.41 Å². The van der Waals surface area contributed by atoms with E-state index in [2.05, 4.69) is 10.4 Å². The summed E-state index contributed by atoms with van der Waals surface area (Å²) in [5, 5.41) is 8.42. The molecule has 1 aromatic heterocycles. The van der Waals surface area contributed by atoms with Gasteiger partial charge in [-0.2, -0.15) is 5.10 Å².